The Hall–Kier alpha value is -5.99. The number of aromatic nitrogens is 5. The third kappa shape index (κ3) is 9.94. The second kappa shape index (κ2) is 19.6. The average molecular weight is 1130 g/mol. The first kappa shape index (κ1) is 48.5. The summed E-state index contributed by atoms with van der Waals surface area (Å²) in [6.07, 6.45) is 3.27. The van der Waals surface area contributed by atoms with Gasteiger partial charge in [-0.2, -0.15) is 0 Å². The van der Waals surface area contributed by atoms with Crippen LogP contribution in [-0.4, -0.2) is 37.8 Å². The van der Waals surface area contributed by atoms with Gasteiger partial charge in [0.05, 0.1) is 33.7 Å². The molecule has 1 radical (unpaired) electrons. The zero-order valence-electron chi connectivity index (χ0n) is 41.0. The molecule has 0 N–H and O–H groups in total. The predicted molar refractivity (Wildman–Crippen MR) is 282 cm³/mol. The molecule has 0 spiro atoms. The SMILES string of the molecule is CC(C)Cc1cc(-c2[c-]ccc(-c3ccccc3)c2)nc[c]1[Ge]([CH3])([CH3])[CH3].Cc1cc2c(nc(-c3[c-]ccc4c3oc3ccc(C)nc34)n2-c2ccc(C(C)(C)C)cc2-c2ccccc2)c(C)n1.[Ir]. The fourth-order valence-electron chi connectivity index (χ4n) is 9.06. The molecule has 10 rings (SSSR count). The minimum Gasteiger partial charge on any atom is -0.499 e. The average Bonchev–Trinajstić information content (AvgIpc) is 3.87. The third-order valence-electron chi connectivity index (χ3n) is 12.4. The number of pyridine rings is 3. The van der Waals surface area contributed by atoms with E-state index in [1.54, 1.807) is 0 Å². The van der Waals surface area contributed by atoms with Crippen LogP contribution in [0.4, 0.5) is 0 Å². The van der Waals surface area contributed by atoms with E-state index in [-0.39, 0.29) is 25.5 Å². The molecule has 6 nitrogen and oxygen atoms in total. The largest absolute Gasteiger partial charge is 0.499 e. The molecule has 68 heavy (non-hydrogen) atoms. The summed E-state index contributed by atoms with van der Waals surface area (Å²) in [4.78, 5) is 19.6. The molecule has 0 amide bonds. The van der Waals surface area contributed by atoms with E-state index in [1.807, 2.05) is 51.1 Å². The number of hydrogen-bond donors (Lipinski definition) is 0. The van der Waals surface area contributed by atoms with Crippen molar-refractivity contribution in [2.24, 2.45) is 5.92 Å². The van der Waals surface area contributed by atoms with Crippen molar-refractivity contribution in [3.63, 3.8) is 0 Å². The molecule has 0 bridgehead atoms. The van der Waals surface area contributed by atoms with Gasteiger partial charge in [-0.25, -0.2) is 0 Å². The van der Waals surface area contributed by atoms with Crippen LogP contribution in [0.15, 0.2) is 144 Å². The molecule has 345 valence electrons. The van der Waals surface area contributed by atoms with Gasteiger partial charge in [-0.3, -0.25) is 15.0 Å². The van der Waals surface area contributed by atoms with Crippen molar-refractivity contribution in [1.29, 1.82) is 0 Å². The molecule has 0 aliphatic rings. The monoisotopic (exact) mass is 1130 g/mol. The number of imidazole rings is 1. The van der Waals surface area contributed by atoms with E-state index in [2.05, 4.69) is 178 Å². The van der Waals surface area contributed by atoms with Gasteiger partial charge in [0.25, 0.3) is 0 Å². The molecule has 0 fully saturated rings. The van der Waals surface area contributed by atoms with E-state index in [0.29, 0.717) is 5.92 Å². The van der Waals surface area contributed by atoms with Crippen LogP contribution in [0.2, 0.25) is 17.3 Å². The van der Waals surface area contributed by atoms with Gasteiger partial charge in [-0.05, 0) is 73.0 Å². The quantitative estimate of drug-likeness (QED) is 0.112. The topological polar surface area (TPSA) is 69.6 Å². The van der Waals surface area contributed by atoms with E-state index in [4.69, 9.17) is 24.4 Å². The van der Waals surface area contributed by atoms with E-state index in [9.17, 15) is 0 Å². The molecule has 5 aromatic carbocycles. The van der Waals surface area contributed by atoms with Gasteiger partial charge in [0.15, 0.2) is 0 Å². The predicted octanol–water partition coefficient (Wildman–Crippen LogP) is 15.0. The van der Waals surface area contributed by atoms with Crippen LogP contribution in [0.3, 0.4) is 0 Å². The van der Waals surface area contributed by atoms with Gasteiger partial charge in [0.1, 0.15) is 5.58 Å². The molecule has 0 unspecified atom stereocenters. The molecule has 0 saturated heterocycles. The van der Waals surface area contributed by atoms with Crippen LogP contribution in [0, 0.1) is 38.8 Å². The third-order valence-corrected chi connectivity index (χ3v) is 16.7. The van der Waals surface area contributed by atoms with Crippen LogP contribution in [0.25, 0.3) is 83.7 Å². The molecule has 5 heterocycles. The van der Waals surface area contributed by atoms with Crippen molar-refractivity contribution >= 4 is 50.8 Å². The van der Waals surface area contributed by atoms with Gasteiger partial charge >= 0.3 is 161 Å². The van der Waals surface area contributed by atoms with E-state index in [0.717, 1.165) is 96.1 Å². The van der Waals surface area contributed by atoms with Crippen LogP contribution >= 0.6 is 0 Å². The number of rotatable bonds is 8. The molecule has 8 heteroatoms. The summed E-state index contributed by atoms with van der Waals surface area (Å²) in [6.45, 7) is 17.4. The Labute approximate surface area is 418 Å². The molecule has 0 aliphatic carbocycles. The summed E-state index contributed by atoms with van der Waals surface area (Å²) in [5.74, 6) is 8.75. The van der Waals surface area contributed by atoms with Gasteiger partial charge in [0.2, 0.25) is 0 Å². The number of nitrogens with zero attached hydrogens (tertiary/aromatic N) is 5. The van der Waals surface area contributed by atoms with Crippen LogP contribution < -0.4 is 4.40 Å². The standard InChI is InChI=1S/C36H31N4O.C24H28GeN.Ir/c1-21-15-18-31-33(38-21)26-13-10-14-27(34(26)41-31)35-39-32-23(3)37-22(2)19-30(32)40(35)29-17-16-25(36(4,5)6)20-28(29)24-11-8-7-9-12-24;1-18(2)14-22-16-24(26-17-23(22)25(3,4)5)21-13-9-12-20(15-21)19-10-7-6-8-11-19;/h7-13,15-20H,1-6H3;6-12,15-18H,14H2,1-5H3;/q2*-1;. The molecule has 0 saturated carbocycles. The Morgan fingerprint density at radius 1 is 0.691 bits per heavy atom. The summed E-state index contributed by atoms with van der Waals surface area (Å²) < 4.78 is 10.2. The maximum Gasteiger partial charge on any atom is 0.139 e. The Kier molecular flexibility index (Phi) is 13.9. The van der Waals surface area contributed by atoms with E-state index < -0.39 is 13.3 Å². The van der Waals surface area contributed by atoms with E-state index >= 15 is 0 Å². The number of hydrogen-bond acceptors (Lipinski definition) is 5. The number of aryl methyl sites for hydroxylation is 3. The minimum atomic E-state index is -1.93. The molecule has 0 aliphatic heterocycles. The fourth-order valence-corrected chi connectivity index (χ4v) is 12.4. The molecule has 5 aromatic heterocycles. The van der Waals surface area contributed by atoms with Gasteiger partial charge in [-0.15, -0.1) is 18.2 Å². The first-order valence-electron chi connectivity index (χ1n) is 23.4. The normalized spacial score (nSPS) is 11.8. The van der Waals surface area contributed by atoms with Crippen molar-refractivity contribution in [2.75, 3.05) is 0 Å². The zero-order chi connectivity index (χ0) is 47.2. The first-order chi connectivity index (χ1) is 32.0. The Balaban J connectivity index is 0.000000201. The number of furan rings is 1. The number of fused-ring (bicyclic) bond motifs is 4. The zero-order valence-corrected chi connectivity index (χ0v) is 45.5. The number of benzene rings is 5. The van der Waals surface area contributed by atoms with Crippen LogP contribution in [0.5, 0.6) is 0 Å². The summed E-state index contributed by atoms with van der Waals surface area (Å²) >= 11 is -1.93. The van der Waals surface area contributed by atoms with Gasteiger partial charge in [-0.1, -0.05) is 62.7 Å². The second-order valence-electron chi connectivity index (χ2n) is 20.3. The van der Waals surface area contributed by atoms with Crippen molar-refractivity contribution in [3.8, 4) is 50.6 Å². The Morgan fingerprint density at radius 3 is 2.09 bits per heavy atom. The molecule has 10 aromatic rings. The first-order valence-corrected chi connectivity index (χ1v) is 30.7. The van der Waals surface area contributed by atoms with E-state index in [1.165, 1.54) is 26.6 Å². The van der Waals surface area contributed by atoms with Crippen LogP contribution in [-0.2, 0) is 31.9 Å². The van der Waals surface area contributed by atoms with Crippen LogP contribution in [0.1, 0.15) is 62.8 Å². The summed E-state index contributed by atoms with van der Waals surface area (Å²) in [5.41, 5.74) is 18.4. The van der Waals surface area contributed by atoms with Crippen molar-refractivity contribution in [1.82, 2.24) is 24.5 Å². The molecule has 0 atom stereocenters. The summed E-state index contributed by atoms with van der Waals surface area (Å²) in [5, 5.41) is 0.952. The minimum absolute atomic E-state index is 0. The van der Waals surface area contributed by atoms with Gasteiger partial charge < -0.3 is 8.98 Å². The second-order valence-corrected chi connectivity index (χ2v) is 30.8. The van der Waals surface area contributed by atoms with Gasteiger partial charge in [0, 0.05) is 42.7 Å². The van der Waals surface area contributed by atoms with Crippen molar-refractivity contribution in [2.45, 2.75) is 84.5 Å². The summed E-state index contributed by atoms with van der Waals surface area (Å²) in [6, 6.07) is 53.4. The van der Waals surface area contributed by atoms with Crippen molar-refractivity contribution < 1.29 is 24.5 Å². The summed E-state index contributed by atoms with van der Waals surface area (Å²) in [7, 11) is 0. The molecular formula is C60H59GeIrN5O-2. The molecular weight excluding hydrogens is 1070 g/mol. The smallest absolute Gasteiger partial charge is 0.139 e. The Bertz CT molecular complexity index is 3410. The maximum absolute atomic E-state index is 6.45. The maximum atomic E-state index is 6.45. The van der Waals surface area contributed by atoms with Crippen molar-refractivity contribution in [3.05, 3.63) is 180 Å². The Morgan fingerprint density at radius 2 is 1.40 bits per heavy atom. The fraction of sp³-hybridized carbons (Fsp3) is 0.233.